The SMILES string of the molecule is Cc1cc(Br)ccc1OCC(=O)NN=Cc1c2ccccc2cc2ccccc12. The smallest absolute Gasteiger partial charge is 0.277 e. The van der Waals surface area contributed by atoms with Crippen LogP contribution in [-0.4, -0.2) is 18.7 Å². The van der Waals surface area contributed by atoms with Crippen molar-refractivity contribution in [2.45, 2.75) is 6.92 Å². The molecule has 5 heteroatoms. The number of fused-ring (bicyclic) bond motifs is 2. The number of hydrogen-bond acceptors (Lipinski definition) is 3. The first-order valence-corrected chi connectivity index (χ1v) is 10.0. The lowest BCUT2D eigenvalue weighted by Gasteiger charge is -2.09. The number of carbonyl (C=O) groups is 1. The molecule has 0 radical (unpaired) electrons. The summed E-state index contributed by atoms with van der Waals surface area (Å²) in [5.41, 5.74) is 4.49. The Hall–Kier alpha value is -3.18. The highest BCUT2D eigenvalue weighted by Gasteiger charge is 2.07. The normalized spacial score (nSPS) is 11.2. The van der Waals surface area contributed by atoms with Crippen molar-refractivity contribution in [2.24, 2.45) is 5.10 Å². The van der Waals surface area contributed by atoms with Crippen molar-refractivity contribution in [1.82, 2.24) is 5.43 Å². The summed E-state index contributed by atoms with van der Waals surface area (Å²) in [6.45, 7) is 1.83. The van der Waals surface area contributed by atoms with Crippen molar-refractivity contribution in [2.75, 3.05) is 6.61 Å². The van der Waals surface area contributed by atoms with Gasteiger partial charge in [0.2, 0.25) is 0 Å². The fourth-order valence-electron chi connectivity index (χ4n) is 3.31. The lowest BCUT2D eigenvalue weighted by molar-refractivity contribution is -0.123. The minimum absolute atomic E-state index is 0.101. The molecule has 0 saturated heterocycles. The van der Waals surface area contributed by atoms with E-state index in [-0.39, 0.29) is 12.5 Å². The molecule has 4 aromatic carbocycles. The quantitative estimate of drug-likeness (QED) is 0.246. The van der Waals surface area contributed by atoms with Crippen molar-refractivity contribution in [3.05, 3.63) is 88.4 Å². The molecule has 0 heterocycles. The van der Waals surface area contributed by atoms with Crippen LogP contribution in [0.4, 0.5) is 0 Å². The van der Waals surface area contributed by atoms with E-state index in [1.807, 2.05) is 49.4 Å². The zero-order valence-corrected chi connectivity index (χ0v) is 17.4. The summed E-state index contributed by atoms with van der Waals surface area (Å²) < 4.78 is 6.56. The van der Waals surface area contributed by atoms with Gasteiger partial charge in [-0.1, -0.05) is 64.5 Å². The number of aryl methyl sites for hydroxylation is 1. The Morgan fingerprint density at radius 1 is 1.00 bits per heavy atom. The van der Waals surface area contributed by atoms with Crippen molar-refractivity contribution in [3.63, 3.8) is 0 Å². The predicted molar refractivity (Wildman–Crippen MR) is 122 cm³/mol. The van der Waals surface area contributed by atoms with Gasteiger partial charge < -0.3 is 4.74 Å². The van der Waals surface area contributed by atoms with Crippen LogP contribution in [0.25, 0.3) is 21.5 Å². The number of halogens is 1. The van der Waals surface area contributed by atoms with E-state index in [4.69, 9.17) is 4.74 Å². The topological polar surface area (TPSA) is 50.7 Å². The Kier molecular flexibility index (Phi) is 5.58. The molecule has 1 amide bonds. The number of nitrogens with zero attached hydrogens (tertiary/aromatic N) is 1. The second-order valence-electron chi connectivity index (χ2n) is 6.72. The van der Waals surface area contributed by atoms with E-state index >= 15 is 0 Å². The van der Waals surface area contributed by atoms with Crippen LogP contribution >= 0.6 is 15.9 Å². The third kappa shape index (κ3) is 4.30. The van der Waals surface area contributed by atoms with Gasteiger partial charge in [0.1, 0.15) is 5.75 Å². The van der Waals surface area contributed by atoms with Crippen LogP contribution in [0.1, 0.15) is 11.1 Å². The third-order valence-electron chi connectivity index (χ3n) is 4.69. The van der Waals surface area contributed by atoms with Crippen molar-refractivity contribution >= 4 is 49.6 Å². The summed E-state index contributed by atoms with van der Waals surface area (Å²) in [5, 5.41) is 8.62. The van der Waals surface area contributed by atoms with E-state index in [0.717, 1.165) is 37.1 Å². The van der Waals surface area contributed by atoms with Gasteiger partial charge in [0, 0.05) is 10.0 Å². The largest absolute Gasteiger partial charge is 0.483 e. The lowest BCUT2D eigenvalue weighted by atomic mass is 9.97. The Labute approximate surface area is 177 Å². The Morgan fingerprint density at radius 2 is 1.66 bits per heavy atom. The molecule has 4 aromatic rings. The average molecular weight is 447 g/mol. The summed E-state index contributed by atoms with van der Waals surface area (Å²) in [7, 11) is 0. The molecule has 0 aliphatic rings. The van der Waals surface area contributed by atoms with Crippen LogP contribution < -0.4 is 10.2 Å². The maximum atomic E-state index is 12.2. The number of rotatable bonds is 5. The molecule has 0 fully saturated rings. The standard InChI is InChI=1S/C24H19BrN2O2/c1-16-12-19(25)10-11-23(16)29-15-24(28)27-26-14-22-20-8-4-2-6-17(20)13-18-7-3-5-9-21(18)22/h2-14H,15H2,1H3,(H,27,28). The first-order chi connectivity index (χ1) is 14.1. The van der Waals surface area contributed by atoms with E-state index < -0.39 is 0 Å². The number of benzene rings is 4. The molecule has 0 aromatic heterocycles. The molecule has 0 aliphatic heterocycles. The first kappa shape index (κ1) is 19.2. The van der Waals surface area contributed by atoms with Crippen LogP contribution in [-0.2, 0) is 4.79 Å². The minimum atomic E-state index is -0.312. The van der Waals surface area contributed by atoms with Gasteiger partial charge in [0.05, 0.1) is 6.21 Å². The van der Waals surface area contributed by atoms with Gasteiger partial charge >= 0.3 is 0 Å². The molecule has 0 bridgehead atoms. The fraction of sp³-hybridized carbons (Fsp3) is 0.0833. The van der Waals surface area contributed by atoms with Gasteiger partial charge in [-0.05, 0) is 58.3 Å². The summed E-state index contributed by atoms with van der Waals surface area (Å²) in [5.74, 6) is 0.362. The summed E-state index contributed by atoms with van der Waals surface area (Å²) >= 11 is 3.41. The maximum Gasteiger partial charge on any atom is 0.277 e. The number of amides is 1. The van der Waals surface area contributed by atoms with Gasteiger partial charge in [-0.15, -0.1) is 0 Å². The first-order valence-electron chi connectivity index (χ1n) is 9.23. The van der Waals surface area contributed by atoms with Gasteiger partial charge in [0.15, 0.2) is 6.61 Å². The minimum Gasteiger partial charge on any atom is -0.483 e. The van der Waals surface area contributed by atoms with Gasteiger partial charge in [-0.2, -0.15) is 5.10 Å². The molecule has 0 saturated carbocycles. The fourth-order valence-corrected chi connectivity index (χ4v) is 3.78. The number of hydrogen-bond donors (Lipinski definition) is 1. The summed E-state index contributed by atoms with van der Waals surface area (Å²) in [6.07, 6.45) is 1.70. The Balaban J connectivity index is 1.51. The Bertz CT molecular complexity index is 1180. The number of nitrogens with one attached hydrogen (secondary N) is 1. The van der Waals surface area contributed by atoms with E-state index in [0.29, 0.717) is 5.75 Å². The highest BCUT2D eigenvalue weighted by Crippen LogP contribution is 2.27. The molecule has 0 atom stereocenters. The van der Waals surface area contributed by atoms with Gasteiger partial charge in [-0.3, -0.25) is 4.79 Å². The monoisotopic (exact) mass is 446 g/mol. The third-order valence-corrected chi connectivity index (χ3v) is 5.18. The molecular formula is C24H19BrN2O2. The summed E-state index contributed by atoms with van der Waals surface area (Å²) in [4.78, 5) is 12.2. The lowest BCUT2D eigenvalue weighted by Crippen LogP contribution is -2.24. The number of hydrazone groups is 1. The van der Waals surface area contributed by atoms with Crippen molar-refractivity contribution < 1.29 is 9.53 Å². The van der Waals surface area contributed by atoms with Crippen LogP contribution in [0.3, 0.4) is 0 Å². The highest BCUT2D eigenvalue weighted by atomic mass is 79.9. The van der Waals surface area contributed by atoms with E-state index in [9.17, 15) is 4.79 Å². The second-order valence-corrected chi connectivity index (χ2v) is 7.64. The molecular weight excluding hydrogens is 428 g/mol. The molecule has 4 nitrogen and oxygen atoms in total. The zero-order chi connectivity index (χ0) is 20.2. The van der Waals surface area contributed by atoms with Crippen LogP contribution in [0.15, 0.2) is 82.4 Å². The molecule has 0 spiro atoms. The highest BCUT2D eigenvalue weighted by molar-refractivity contribution is 9.10. The van der Waals surface area contributed by atoms with E-state index in [1.165, 1.54) is 0 Å². The van der Waals surface area contributed by atoms with E-state index in [1.54, 1.807) is 6.21 Å². The molecule has 29 heavy (non-hydrogen) atoms. The average Bonchev–Trinajstić information content (AvgIpc) is 2.72. The maximum absolute atomic E-state index is 12.2. The molecule has 144 valence electrons. The Morgan fingerprint density at radius 3 is 2.31 bits per heavy atom. The zero-order valence-electron chi connectivity index (χ0n) is 15.9. The number of ether oxygens (including phenoxy) is 1. The molecule has 1 N–H and O–H groups in total. The van der Waals surface area contributed by atoms with Crippen LogP contribution in [0, 0.1) is 6.92 Å². The summed E-state index contributed by atoms with van der Waals surface area (Å²) in [6, 6.07) is 24.1. The van der Waals surface area contributed by atoms with Gasteiger partial charge in [-0.25, -0.2) is 5.43 Å². The van der Waals surface area contributed by atoms with Crippen molar-refractivity contribution in [3.8, 4) is 5.75 Å². The molecule has 0 aliphatic carbocycles. The van der Waals surface area contributed by atoms with Crippen LogP contribution in [0.5, 0.6) is 5.75 Å². The van der Waals surface area contributed by atoms with E-state index in [2.05, 4.69) is 56.8 Å². The van der Waals surface area contributed by atoms with Crippen LogP contribution in [0.2, 0.25) is 0 Å². The molecule has 0 unspecified atom stereocenters. The van der Waals surface area contributed by atoms with Gasteiger partial charge in [0.25, 0.3) is 5.91 Å². The second kappa shape index (κ2) is 8.45. The number of carbonyl (C=O) groups excluding carboxylic acids is 1. The molecule has 4 rings (SSSR count). The predicted octanol–water partition coefficient (Wildman–Crippen LogP) is 5.59. The van der Waals surface area contributed by atoms with Crippen molar-refractivity contribution in [1.29, 1.82) is 0 Å².